The normalized spacial score (nSPS) is 20.1. The largest absolute Gasteiger partial charge is 0.409 e. The number of nitrogens with two attached hydrogens (primary N) is 1. The van der Waals surface area contributed by atoms with E-state index in [1.807, 2.05) is 0 Å². The second-order valence-electron chi connectivity index (χ2n) is 5.19. The summed E-state index contributed by atoms with van der Waals surface area (Å²) >= 11 is 0. The first kappa shape index (κ1) is 14.3. The number of carbonyl (C=O) groups excluding carboxylic acids is 1. The van der Waals surface area contributed by atoms with Crippen LogP contribution in [0, 0.1) is 5.92 Å². The zero-order valence-electron chi connectivity index (χ0n) is 11.5. The number of carbonyl (C=O) groups is 1. The second kappa shape index (κ2) is 6.38. The first-order valence-corrected chi connectivity index (χ1v) is 6.65. The Bertz CT molecular complexity index is 516. The first-order valence-electron chi connectivity index (χ1n) is 6.65. The van der Waals surface area contributed by atoms with E-state index in [1.54, 1.807) is 24.3 Å². The molecule has 0 radical (unpaired) electrons. The molecular formula is C14H20N4O2. The van der Waals surface area contributed by atoms with Crippen molar-refractivity contribution in [3.05, 3.63) is 35.4 Å². The molecule has 0 aromatic heterocycles. The van der Waals surface area contributed by atoms with E-state index in [1.165, 1.54) is 0 Å². The predicted octanol–water partition coefficient (Wildman–Crippen LogP) is 0.463. The van der Waals surface area contributed by atoms with Gasteiger partial charge in [-0.3, -0.25) is 4.79 Å². The Morgan fingerprint density at radius 3 is 2.95 bits per heavy atom. The molecule has 20 heavy (non-hydrogen) atoms. The van der Waals surface area contributed by atoms with E-state index in [4.69, 9.17) is 10.9 Å². The molecule has 1 fully saturated rings. The molecule has 6 nitrogen and oxygen atoms in total. The standard InChI is InChI=1S/C14H20N4O2/c1-18-6-5-10(9-18)8-16-14(19)12-4-2-3-11(7-12)13(15)17-20/h2-4,7,10,20H,5-6,8-9H2,1H3,(H2,15,17)(H,16,19). The van der Waals surface area contributed by atoms with Gasteiger partial charge in [0, 0.05) is 24.2 Å². The van der Waals surface area contributed by atoms with Crippen molar-refractivity contribution >= 4 is 11.7 Å². The van der Waals surface area contributed by atoms with Crippen LogP contribution in [-0.4, -0.2) is 48.5 Å². The maximum atomic E-state index is 12.1. The van der Waals surface area contributed by atoms with Crippen molar-refractivity contribution in [1.29, 1.82) is 0 Å². The van der Waals surface area contributed by atoms with Crippen molar-refractivity contribution in [2.45, 2.75) is 6.42 Å². The van der Waals surface area contributed by atoms with E-state index >= 15 is 0 Å². The summed E-state index contributed by atoms with van der Waals surface area (Å²) < 4.78 is 0. The summed E-state index contributed by atoms with van der Waals surface area (Å²) in [6.07, 6.45) is 1.11. The molecule has 1 amide bonds. The zero-order chi connectivity index (χ0) is 14.5. The predicted molar refractivity (Wildman–Crippen MR) is 76.9 cm³/mol. The molecular weight excluding hydrogens is 256 g/mol. The average Bonchev–Trinajstić information content (AvgIpc) is 2.89. The van der Waals surface area contributed by atoms with E-state index in [0.29, 0.717) is 23.6 Å². The molecule has 4 N–H and O–H groups in total. The topological polar surface area (TPSA) is 91.0 Å². The molecule has 1 atom stereocenters. The lowest BCUT2D eigenvalue weighted by atomic mass is 10.1. The van der Waals surface area contributed by atoms with Crippen molar-refractivity contribution in [3.8, 4) is 0 Å². The Morgan fingerprint density at radius 2 is 2.30 bits per heavy atom. The Hall–Kier alpha value is -2.08. The van der Waals surface area contributed by atoms with Crippen LogP contribution in [0.1, 0.15) is 22.3 Å². The number of amides is 1. The molecule has 1 unspecified atom stereocenters. The molecule has 1 aliphatic heterocycles. The van der Waals surface area contributed by atoms with E-state index in [0.717, 1.165) is 19.5 Å². The van der Waals surface area contributed by atoms with Gasteiger partial charge in [0.2, 0.25) is 0 Å². The monoisotopic (exact) mass is 276 g/mol. The minimum atomic E-state index is -0.132. The van der Waals surface area contributed by atoms with Gasteiger partial charge in [-0.15, -0.1) is 0 Å². The minimum Gasteiger partial charge on any atom is -0.409 e. The van der Waals surface area contributed by atoms with Crippen LogP contribution in [0.15, 0.2) is 29.4 Å². The number of nitrogens with zero attached hydrogens (tertiary/aromatic N) is 2. The van der Waals surface area contributed by atoms with Crippen molar-refractivity contribution in [3.63, 3.8) is 0 Å². The third-order valence-electron chi connectivity index (χ3n) is 3.57. The third kappa shape index (κ3) is 3.48. The number of nitrogens with one attached hydrogen (secondary N) is 1. The summed E-state index contributed by atoms with van der Waals surface area (Å²) in [7, 11) is 2.09. The highest BCUT2D eigenvalue weighted by molar-refractivity contribution is 6.01. The highest BCUT2D eigenvalue weighted by Gasteiger charge is 2.20. The van der Waals surface area contributed by atoms with Crippen molar-refractivity contribution in [2.75, 3.05) is 26.7 Å². The molecule has 0 aliphatic carbocycles. The second-order valence-corrected chi connectivity index (χ2v) is 5.19. The summed E-state index contributed by atoms with van der Waals surface area (Å²) in [6, 6.07) is 6.73. The fraction of sp³-hybridized carbons (Fsp3) is 0.429. The van der Waals surface area contributed by atoms with Gasteiger partial charge in [0.05, 0.1) is 0 Å². The Balaban J connectivity index is 1.95. The Kier molecular flexibility index (Phi) is 4.57. The van der Waals surface area contributed by atoms with E-state index in [-0.39, 0.29) is 11.7 Å². The first-order chi connectivity index (χ1) is 9.60. The molecule has 1 aromatic rings. The fourth-order valence-corrected chi connectivity index (χ4v) is 2.41. The average molecular weight is 276 g/mol. The zero-order valence-corrected chi connectivity index (χ0v) is 11.5. The van der Waals surface area contributed by atoms with E-state index in [2.05, 4.69) is 22.4 Å². The van der Waals surface area contributed by atoms with Crippen LogP contribution in [0.4, 0.5) is 0 Å². The van der Waals surface area contributed by atoms with Crippen LogP contribution in [0.5, 0.6) is 0 Å². The molecule has 1 aromatic carbocycles. The number of benzene rings is 1. The van der Waals surface area contributed by atoms with Gasteiger partial charge < -0.3 is 21.2 Å². The van der Waals surface area contributed by atoms with Crippen LogP contribution in [0.25, 0.3) is 0 Å². The number of likely N-dealkylation sites (tertiary alicyclic amines) is 1. The number of hydrogen-bond donors (Lipinski definition) is 3. The number of oxime groups is 1. The van der Waals surface area contributed by atoms with Crippen molar-refractivity contribution in [2.24, 2.45) is 16.8 Å². The molecule has 0 bridgehead atoms. The van der Waals surface area contributed by atoms with Crippen LogP contribution in [0.3, 0.4) is 0 Å². The fourth-order valence-electron chi connectivity index (χ4n) is 2.41. The van der Waals surface area contributed by atoms with Gasteiger partial charge in [0.15, 0.2) is 5.84 Å². The number of rotatable bonds is 4. The quantitative estimate of drug-likeness (QED) is 0.322. The van der Waals surface area contributed by atoms with Crippen LogP contribution in [0.2, 0.25) is 0 Å². The maximum absolute atomic E-state index is 12.1. The summed E-state index contributed by atoms with van der Waals surface area (Å²) in [5, 5.41) is 14.5. The molecule has 108 valence electrons. The Labute approximate surface area is 118 Å². The summed E-state index contributed by atoms with van der Waals surface area (Å²) in [5.74, 6) is 0.375. The van der Waals surface area contributed by atoms with E-state index in [9.17, 15) is 4.79 Å². The molecule has 1 aliphatic rings. The minimum absolute atomic E-state index is 0.00272. The van der Waals surface area contributed by atoms with Gasteiger partial charge >= 0.3 is 0 Å². The van der Waals surface area contributed by atoms with Gasteiger partial charge in [-0.2, -0.15) is 0 Å². The van der Waals surface area contributed by atoms with Crippen molar-refractivity contribution < 1.29 is 10.0 Å². The van der Waals surface area contributed by atoms with Crippen LogP contribution < -0.4 is 11.1 Å². The van der Waals surface area contributed by atoms with Crippen LogP contribution >= 0.6 is 0 Å². The van der Waals surface area contributed by atoms with Gasteiger partial charge in [-0.05, 0) is 38.1 Å². The van der Waals surface area contributed by atoms with Gasteiger partial charge in [-0.25, -0.2) is 0 Å². The van der Waals surface area contributed by atoms with Crippen LogP contribution in [-0.2, 0) is 0 Å². The van der Waals surface area contributed by atoms with E-state index < -0.39 is 0 Å². The van der Waals surface area contributed by atoms with Gasteiger partial charge in [-0.1, -0.05) is 17.3 Å². The molecule has 6 heteroatoms. The molecule has 0 saturated carbocycles. The highest BCUT2D eigenvalue weighted by Crippen LogP contribution is 2.13. The number of amidine groups is 1. The molecule has 1 heterocycles. The molecule has 0 spiro atoms. The number of hydrogen-bond acceptors (Lipinski definition) is 4. The highest BCUT2D eigenvalue weighted by atomic mass is 16.4. The Morgan fingerprint density at radius 1 is 1.55 bits per heavy atom. The SMILES string of the molecule is CN1CCC(CNC(=O)c2cccc(/C(N)=N/O)c2)C1. The van der Waals surface area contributed by atoms with Crippen molar-refractivity contribution in [1.82, 2.24) is 10.2 Å². The lowest BCUT2D eigenvalue weighted by molar-refractivity contribution is 0.0947. The lowest BCUT2D eigenvalue weighted by Gasteiger charge is -2.12. The molecule has 1 saturated heterocycles. The smallest absolute Gasteiger partial charge is 0.251 e. The maximum Gasteiger partial charge on any atom is 0.251 e. The summed E-state index contributed by atoms with van der Waals surface area (Å²) in [5.41, 5.74) is 6.56. The third-order valence-corrected chi connectivity index (χ3v) is 3.57. The van der Waals surface area contributed by atoms with Gasteiger partial charge in [0.1, 0.15) is 0 Å². The summed E-state index contributed by atoms with van der Waals surface area (Å²) in [4.78, 5) is 14.3. The molecule has 2 rings (SSSR count). The summed E-state index contributed by atoms with van der Waals surface area (Å²) in [6.45, 7) is 2.78. The van der Waals surface area contributed by atoms with Gasteiger partial charge in [0.25, 0.3) is 5.91 Å². The lowest BCUT2D eigenvalue weighted by Crippen LogP contribution is -2.30.